The van der Waals surface area contributed by atoms with E-state index >= 15 is 0 Å². The fourth-order valence-electron chi connectivity index (χ4n) is 4.10. The fourth-order valence-corrected chi connectivity index (χ4v) is 4.10. The molecule has 5 nitrogen and oxygen atoms in total. The number of allylic oxidation sites excluding steroid dienone is 2. The lowest BCUT2D eigenvalue weighted by Crippen LogP contribution is -2.55. The number of carbonyl (C=O) groups excluding carboxylic acids is 1. The van der Waals surface area contributed by atoms with E-state index in [1.54, 1.807) is 6.20 Å². The molecule has 1 saturated heterocycles. The molecule has 3 aliphatic rings. The molecule has 1 saturated carbocycles. The minimum absolute atomic E-state index is 0.000717. The van der Waals surface area contributed by atoms with Crippen molar-refractivity contribution in [3.63, 3.8) is 0 Å². The smallest absolute Gasteiger partial charge is 0.226 e. The van der Waals surface area contributed by atoms with Crippen molar-refractivity contribution in [3.05, 3.63) is 42.2 Å². The van der Waals surface area contributed by atoms with Crippen LogP contribution < -0.4 is 0 Å². The summed E-state index contributed by atoms with van der Waals surface area (Å²) < 4.78 is 12.1. The lowest BCUT2D eigenvalue weighted by atomic mass is 10.0. The van der Waals surface area contributed by atoms with Gasteiger partial charge >= 0.3 is 0 Å². The summed E-state index contributed by atoms with van der Waals surface area (Å²) in [5, 5.41) is 0. The number of pyridine rings is 1. The Morgan fingerprint density at radius 1 is 1.29 bits per heavy atom. The normalized spacial score (nSPS) is 29.8. The molecule has 2 fully saturated rings. The Labute approximate surface area is 142 Å². The molecule has 0 spiro atoms. The number of fused-ring (bicyclic) bond motifs is 1. The van der Waals surface area contributed by atoms with E-state index in [1.165, 1.54) is 0 Å². The van der Waals surface area contributed by atoms with Crippen LogP contribution in [0, 0.1) is 5.92 Å². The van der Waals surface area contributed by atoms with E-state index in [2.05, 4.69) is 22.0 Å². The first-order chi connectivity index (χ1) is 11.8. The van der Waals surface area contributed by atoms with Crippen LogP contribution in [0.5, 0.6) is 0 Å². The highest BCUT2D eigenvalue weighted by Gasteiger charge is 2.45. The van der Waals surface area contributed by atoms with E-state index in [-0.39, 0.29) is 24.2 Å². The number of ether oxygens (including phenoxy) is 2. The molecule has 5 heteroatoms. The van der Waals surface area contributed by atoms with Crippen LogP contribution in [0.15, 0.2) is 36.5 Å². The Bertz CT molecular complexity index is 596. The van der Waals surface area contributed by atoms with E-state index in [9.17, 15) is 4.79 Å². The van der Waals surface area contributed by atoms with Crippen LogP contribution in [0.25, 0.3) is 0 Å². The zero-order chi connectivity index (χ0) is 16.4. The number of hydrogen-bond donors (Lipinski definition) is 0. The minimum atomic E-state index is 0.000717. The van der Waals surface area contributed by atoms with E-state index in [1.807, 2.05) is 18.2 Å². The number of hydrogen-bond acceptors (Lipinski definition) is 4. The maximum absolute atomic E-state index is 12.8. The molecule has 24 heavy (non-hydrogen) atoms. The van der Waals surface area contributed by atoms with Gasteiger partial charge in [-0.15, -0.1) is 0 Å². The second-order valence-electron chi connectivity index (χ2n) is 6.82. The van der Waals surface area contributed by atoms with Crippen LogP contribution in [-0.2, 0) is 20.9 Å². The van der Waals surface area contributed by atoms with Gasteiger partial charge in [0.25, 0.3) is 0 Å². The van der Waals surface area contributed by atoms with Gasteiger partial charge in [0.15, 0.2) is 0 Å². The van der Waals surface area contributed by atoms with E-state index in [0.717, 1.165) is 31.4 Å². The molecule has 1 aromatic heterocycles. The van der Waals surface area contributed by atoms with Crippen molar-refractivity contribution in [1.29, 1.82) is 0 Å². The number of aromatic nitrogens is 1. The number of rotatable bonds is 4. The largest absolute Gasteiger partial charge is 0.372 e. The zero-order valence-corrected chi connectivity index (χ0v) is 13.8. The second kappa shape index (κ2) is 7.03. The summed E-state index contributed by atoms with van der Waals surface area (Å²) in [6.07, 6.45) is 9.74. The van der Waals surface area contributed by atoms with Crippen LogP contribution >= 0.6 is 0 Å². The van der Waals surface area contributed by atoms with Crippen LogP contribution in [0.1, 0.15) is 31.4 Å². The highest BCUT2D eigenvalue weighted by Crippen LogP contribution is 2.34. The van der Waals surface area contributed by atoms with Gasteiger partial charge in [-0.1, -0.05) is 18.2 Å². The Balaban J connectivity index is 1.38. The van der Waals surface area contributed by atoms with Crippen LogP contribution in [-0.4, -0.2) is 47.2 Å². The summed E-state index contributed by atoms with van der Waals surface area (Å²) >= 11 is 0. The molecule has 1 aliphatic heterocycles. The molecule has 0 aromatic carbocycles. The predicted molar refractivity (Wildman–Crippen MR) is 89.2 cm³/mol. The summed E-state index contributed by atoms with van der Waals surface area (Å²) in [4.78, 5) is 19.2. The van der Waals surface area contributed by atoms with E-state index in [4.69, 9.17) is 9.47 Å². The van der Waals surface area contributed by atoms with Crippen molar-refractivity contribution in [2.75, 3.05) is 13.2 Å². The Hall–Kier alpha value is -1.72. The van der Waals surface area contributed by atoms with Crippen molar-refractivity contribution in [2.45, 2.75) is 50.5 Å². The van der Waals surface area contributed by atoms with Crippen molar-refractivity contribution < 1.29 is 14.3 Å². The molecule has 4 rings (SSSR count). The highest BCUT2D eigenvalue weighted by molar-refractivity contribution is 5.80. The molecule has 0 bridgehead atoms. The van der Waals surface area contributed by atoms with Crippen molar-refractivity contribution in [3.8, 4) is 0 Å². The topological polar surface area (TPSA) is 51.7 Å². The molecule has 128 valence electrons. The summed E-state index contributed by atoms with van der Waals surface area (Å²) in [6, 6.07) is 6.01. The monoisotopic (exact) mass is 328 g/mol. The molecule has 3 atom stereocenters. The molecule has 0 N–H and O–H groups in total. The number of amides is 1. The molecule has 2 heterocycles. The lowest BCUT2D eigenvalue weighted by Gasteiger charge is -2.40. The van der Waals surface area contributed by atoms with Crippen LogP contribution in [0.3, 0.4) is 0 Å². The highest BCUT2D eigenvalue weighted by atomic mass is 16.5. The predicted octanol–water partition coefficient (Wildman–Crippen LogP) is 2.32. The summed E-state index contributed by atoms with van der Waals surface area (Å²) in [6.45, 7) is 1.82. The maximum atomic E-state index is 12.8. The number of carbonyl (C=O) groups is 1. The first-order valence-electron chi connectivity index (χ1n) is 8.91. The number of nitrogens with zero attached hydrogens (tertiary/aromatic N) is 2. The van der Waals surface area contributed by atoms with Crippen LogP contribution in [0.2, 0.25) is 0 Å². The van der Waals surface area contributed by atoms with Gasteiger partial charge in [0.1, 0.15) is 6.10 Å². The Kier molecular flexibility index (Phi) is 4.63. The maximum Gasteiger partial charge on any atom is 0.226 e. The van der Waals surface area contributed by atoms with Crippen LogP contribution in [0.4, 0.5) is 0 Å². The Morgan fingerprint density at radius 2 is 2.17 bits per heavy atom. The first kappa shape index (κ1) is 15.8. The zero-order valence-electron chi connectivity index (χ0n) is 13.8. The van der Waals surface area contributed by atoms with Gasteiger partial charge < -0.3 is 14.4 Å². The second-order valence-corrected chi connectivity index (χ2v) is 6.82. The molecular formula is C19H24N2O3. The standard InChI is InChI=1S/C19H24N2O3/c22-19(14-5-1-2-6-14)21-11-12-23-18-16(21)8-9-17(18)24-13-15-7-3-4-10-20-15/h1-4,7,10,14,16-18H,5-6,8-9,11-13H2/t16-,17+,18+/m0/s1. The third-order valence-corrected chi connectivity index (χ3v) is 5.35. The summed E-state index contributed by atoms with van der Waals surface area (Å²) in [5.41, 5.74) is 0.932. The van der Waals surface area contributed by atoms with E-state index < -0.39 is 0 Å². The third-order valence-electron chi connectivity index (χ3n) is 5.35. The fraction of sp³-hybridized carbons (Fsp3) is 0.579. The minimum Gasteiger partial charge on any atom is -0.372 e. The third kappa shape index (κ3) is 3.10. The van der Waals surface area contributed by atoms with Gasteiger partial charge in [-0.05, 0) is 37.8 Å². The molecule has 2 aliphatic carbocycles. The van der Waals surface area contributed by atoms with E-state index in [0.29, 0.717) is 25.7 Å². The van der Waals surface area contributed by atoms with Gasteiger partial charge in [-0.2, -0.15) is 0 Å². The van der Waals surface area contributed by atoms with Gasteiger partial charge in [0.05, 0.1) is 31.1 Å². The number of morpholine rings is 1. The van der Waals surface area contributed by atoms with Crippen molar-refractivity contribution in [1.82, 2.24) is 9.88 Å². The van der Waals surface area contributed by atoms with Crippen molar-refractivity contribution in [2.24, 2.45) is 5.92 Å². The Morgan fingerprint density at radius 3 is 2.96 bits per heavy atom. The average molecular weight is 328 g/mol. The molecular weight excluding hydrogens is 304 g/mol. The van der Waals surface area contributed by atoms with Gasteiger partial charge in [-0.3, -0.25) is 9.78 Å². The molecule has 0 unspecified atom stereocenters. The van der Waals surface area contributed by atoms with Gasteiger partial charge in [-0.25, -0.2) is 0 Å². The lowest BCUT2D eigenvalue weighted by molar-refractivity contribution is -0.155. The quantitative estimate of drug-likeness (QED) is 0.796. The molecule has 1 amide bonds. The molecule has 1 aromatic rings. The first-order valence-corrected chi connectivity index (χ1v) is 8.91. The summed E-state index contributed by atoms with van der Waals surface area (Å²) in [7, 11) is 0. The van der Waals surface area contributed by atoms with Gasteiger partial charge in [0.2, 0.25) is 5.91 Å². The SMILES string of the molecule is O=C(C1CC=CC1)N1CCO[C@H]2[C@H](OCc3ccccn3)CC[C@@H]21. The summed E-state index contributed by atoms with van der Waals surface area (Å²) in [5.74, 6) is 0.431. The average Bonchev–Trinajstić information content (AvgIpc) is 3.30. The molecule has 0 radical (unpaired) electrons. The van der Waals surface area contributed by atoms with Crippen molar-refractivity contribution >= 4 is 5.91 Å². The van der Waals surface area contributed by atoms with Gasteiger partial charge in [0, 0.05) is 18.7 Å².